The fourth-order valence-corrected chi connectivity index (χ4v) is 5.14. The number of aromatic nitrogens is 2. The van der Waals surface area contributed by atoms with E-state index in [4.69, 9.17) is 11.6 Å². The van der Waals surface area contributed by atoms with Gasteiger partial charge in [0.1, 0.15) is 10.7 Å². The molecule has 0 fully saturated rings. The molecule has 0 atom stereocenters. The van der Waals surface area contributed by atoms with Gasteiger partial charge in [0, 0.05) is 4.88 Å². The molecule has 0 unspecified atom stereocenters. The van der Waals surface area contributed by atoms with Crippen LogP contribution in [0.4, 0.5) is 0 Å². The number of rotatable bonds is 1. The summed E-state index contributed by atoms with van der Waals surface area (Å²) in [6, 6.07) is 0. The maximum absolute atomic E-state index is 12.4. The topological polar surface area (TPSA) is 45.8 Å². The van der Waals surface area contributed by atoms with Crippen LogP contribution in [0.1, 0.15) is 50.4 Å². The molecule has 108 valence electrons. The second-order valence-electron chi connectivity index (χ2n) is 7.14. The van der Waals surface area contributed by atoms with Gasteiger partial charge in [0.15, 0.2) is 0 Å². The highest BCUT2D eigenvalue weighted by Gasteiger charge is 2.40. The number of aromatic amines is 1. The normalized spacial score (nSPS) is 20.1. The molecule has 1 N–H and O–H groups in total. The van der Waals surface area contributed by atoms with E-state index in [0.717, 1.165) is 23.1 Å². The van der Waals surface area contributed by atoms with Gasteiger partial charge in [-0.2, -0.15) is 0 Å². The van der Waals surface area contributed by atoms with Crippen LogP contribution in [-0.4, -0.2) is 9.97 Å². The van der Waals surface area contributed by atoms with E-state index in [2.05, 4.69) is 37.7 Å². The van der Waals surface area contributed by atoms with Gasteiger partial charge in [-0.3, -0.25) is 4.79 Å². The molecule has 2 heterocycles. The summed E-state index contributed by atoms with van der Waals surface area (Å²) in [5.41, 5.74) is 1.45. The summed E-state index contributed by atoms with van der Waals surface area (Å²) < 4.78 is 0. The SMILES string of the molecule is CC1(C)Cc2c(sc3nc(CCl)[nH]c(=O)c23)C(C)(C)C1. The van der Waals surface area contributed by atoms with Crippen LogP contribution in [0.3, 0.4) is 0 Å². The summed E-state index contributed by atoms with van der Waals surface area (Å²) in [5, 5.41) is 0.778. The van der Waals surface area contributed by atoms with E-state index in [-0.39, 0.29) is 22.3 Å². The fraction of sp³-hybridized carbons (Fsp3) is 0.600. The first-order chi connectivity index (χ1) is 9.23. The van der Waals surface area contributed by atoms with E-state index >= 15 is 0 Å². The first-order valence-corrected chi connectivity index (χ1v) is 8.20. The Bertz CT molecular complexity index is 742. The van der Waals surface area contributed by atoms with Crippen molar-refractivity contribution in [2.45, 2.75) is 51.8 Å². The summed E-state index contributed by atoms with van der Waals surface area (Å²) >= 11 is 7.46. The smallest absolute Gasteiger partial charge is 0.259 e. The third kappa shape index (κ3) is 2.09. The number of thiophene rings is 1. The number of hydrogen-bond acceptors (Lipinski definition) is 3. The van der Waals surface area contributed by atoms with Gasteiger partial charge in [0.2, 0.25) is 0 Å². The Balaban J connectivity index is 2.35. The van der Waals surface area contributed by atoms with Crippen LogP contribution in [0.2, 0.25) is 0 Å². The predicted octanol–water partition coefficient (Wildman–Crippen LogP) is 3.97. The molecule has 2 aromatic rings. The van der Waals surface area contributed by atoms with Gasteiger partial charge in [-0.15, -0.1) is 22.9 Å². The van der Waals surface area contributed by atoms with Crippen molar-refractivity contribution in [2.75, 3.05) is 0 Å². The van der Waals surface area contributed by atoms with Crippen molar-refractivity contribution in [3.63, 3.8) is 0 Å². The van der Waals surface area contributed by atoms with Gasteiger partial charge in [-0.05, 0) is 29.2 Å². The zero-order chi connectivity index (χ0) is 14.7. The average Bonchev–Trinajstić information content (AvgIpc) is 2.66. The summed E-state index contributed by atoms with van der Waals surface area (Å²) in [7, 11) is 0. The van der Waals surface area contributed by atoms with Crippen LogP contribution in [0.25, 0.3) is 10.2 Å². The van der Waals surface area contributed by atoms with Crippen LogP contribution in [0.5, 0.6) is 0 Å². The van der Waals surface area contributed by atoms with Crippen molar-refractivity contribution in [3.05, 3.63) is 26.6 Å². The maximum Gasteiger partial charge on any atom is 0.259 e. The Labute approximate surface area is 127 Å². The molecule has 3 nitrogen and oxygen atoms in total. The van der Waals surface area contributed by atoms with Crippen molar-refractivity contribution >= 4 is 33.2 Å². The fourth-order valence-electron chi connectivity index (χ4n) is 3.71. The van der Waals surface area contributed by atoms with E-state index in [1.165, 1.54) is 10.4 Å². The minimum atomic E-state index is -0.0448. The second-order valence-corrected chi connectivity index (χ2v) is 8.40. The summed E-state index contributed by atoms with van der Waals surface area (Å²) in [4.78, 5) is 21.8. The Morgan fingerprint density at radius 3 is 2.70 bits per heavy atom. The van der Waals surface area contributed by atoms with Gasteiger partial charge < -0.3 is 4.98 Å². The molecule has 2 aromatic heterocycles. The van der Waals surface area contributed by atoms with E-state index in [1.54, 1.807) is 11.3 Å². The van der Waals surface area contributed by atoms with Crippen molar-refractivity contribution in [1.29, 1.82) is 0 Å². The molecule has 0 bridgehead atoms. The van der Waals surface area contributed by atoms with Crippen molar-refractivity contribution in [3.8, 4) is 0 Å². The van der Waals surface area contributed by atoms with Gasteiger partial charge in [0.25, 0.3) is 5.56 Å². The molecule has 0 saturated carbocycles. The Hall–Kier alpha value is -0.870. The molecular weight excluding hydrogens is 292 g/mol. The van der Waals surface area contributed by atoms with Crippen LogP contribution in [0.15, 0.2) is 4.79 Å². The number of H-pyrrole nitrogens is 1. The summed E-state index contributed by atoms with van der Waals surface area (Å²) in [6.07, 6.45) is 2.07. The monoisotopic (exact) mass is 310 g/mol. The Morgan fingerprint density at radius 2 is 2.05 bits per heavy atom. The van der Waals surface area contributed by atoms with Crippen molar-refractivity contribution < 1.29 is 0 Å². The third-order valence-corrected chi connectivity index (χ3v) is 5.77. The molecule has 20 heavy (non-hydrogen) atoms. The van der Waals surface area contributed by atoms with Gasteiger partial charge in [-0.25, -0.2) is 4.98 Å². The molecule has 0 aromatic carbocycles. The largest absolute Gasteiger partial charge is 0.309 e. The Morgan fingerprint density at radius 1 is 1.35 bits per heavy atom. The molecule has 0 amide bonds. The van der Waals surface area contributed by atoms with Crippen LogP contribution < -0.4 is 5.56 Å². The highest BCUT2D eigenvalue weighted by atomic mass is 35.5. The lowest BCUT2D eigenvalue weighted by molar-refractivity contribution is 0.236. The molecule has 3 rings (SSSR count). The molecule has 0 spiro atoms. The lowest BCUT2D eigenvalue weighted by atomic mass is 9.65. The third-order valence-electron chi connectivity index (χ3n) is 4.03. The average molecular weight is 311 g/mol. The van der Waals surface area contributed by atoms with Gasteiger partial charge >= 0.3 is 0 Å². The van der Waals surface area contributed by atoms with Crippen LogP contribution in [-0.2, 0) is 17.7 Å². The number of halogens is 1. The zero-order valence-electron chi connectivity index (χ0n) is 12.3. The molecule has 0 radical (unpaired) electrons. The predicted molar refractivity (Wildman–Crippen MR) is 84.9 cm³/mol. The number of nitrogens with one attached hydrogen (secondary N) is 1. The zero-order valence-corrected chi connectivity index (χ0v) is 13.8. The maximum atomic E-state index is 12.4. The number of fused-ring (bicyclic) bond motifs is 3. The molecule has 5 heteroatoms. The van der Waals surface area contributed by atoms with E-state index in [0.29, 0.717) is 5.82 Å². The van der Waals surface area contributed by atoms with Crippen molar-refractivity contribution in [2.24, 2.45) is 5.41 Å². The Kier molecular flexibility index (Phi) is 3.04. The first-order valence-electron chi connectivity index (χ1n) is 6.84. The molecular formula is C15H19ClN2OS. The minimum Gasteiger partial charge on any atom is -0.309 e. The van der Waals surface area contributed by atoms with E-state index in [9.17, 15) is 4.79 Å². The quantitative estimate of drug-likeness (QED) is 0.810. The first kappa shape index (κ1) is 14.1. The van der Waals surface area contributed by atoms with Gasteiger partial charge in [-0.1, -0.05) is 27.7 Å². The lowest BCUT2D eigenvalue weighted by Gasteiger charge is -2.40. The number of alkyl halides is 1. The van der Waals surface area contributed by atoms with E-state index in [1.807, 2.05) is 0 Å². The molecule has 0 saturated heterocycles. The van der Waals surface area contributed by atoms with Crippen LogP contribution in [0, 0.1) is 5.41 Å². The van der Waals surface area contributed by atoms with Crippen LogP contribution >= 0.6 is 22.9 Å². The molecule has 1 aliphatic carbocycles. The minimum absolute atomic E-state index is 0.0448. The number of nitrogens with zero attached hydrogens (tertiary/aromatic N) is 1. The molecule has 0 aliphatic heterocycles. The lowest BCUT2D eigenvalue weighted by Crippen LogP contribution is -2.33. The standard InChI is InChI=1S/C15H19ClN2OS/c1-14(2)5-8-10-12(19)17-9(6-16)18-13(10)20-11(8)15(3,4)7-14/h5-7H2,1-4H3,(H,17,18,19). The van der Waals surface area contributed by atoms with Crippen molar-refractivity contribution in [1.82, 2.24) is 9.97 Å². The van der Waals surface area contributed by atoms with E-state index < -0.39 is 0 Å². The summed E-state index contributed by atoms with van der Waals surface area (Å²) in [6.45, 7) is 9.07. The summed E-state index contributed by atoms with van der Waals surface area (Å²) in [5.74, 6) is 0.794. The van der Waals surface area contributed by atoms with Gasteiger partial charge in [0.05, 0.1) is 11.3 Å². The highest BCUT2D eigenvalue weighted by Crippen LogP contribution is 2.50. The highest BCUT2D eigenvalue weighted by molar-refractivity contribution is 7.19. The molecule has 1 aliphatic rings. The number of hydrogen-bond donors (Lipinski definition) is 1. The second kappa shape index (κ2) is 4.31.